The van der Waals surface area contributed by atoms with E-state index in [0.29, 0.717) is 0 Å². The highest BCUT2D eigenvalue weighted by molar-refractivity contribution is 6.08. The summed E-state index contributed by atoms with van der Waals surface area (Å²) < 4.78 is 4.44. The first-order valence-electron chi connectivity index (χ1n) is 5.89. The topological polar surface area (TPSA) is 89.6 Å². The molecule has 1 aromatic carbocycles. The van der Waals surface area contributed by atoms with E-state index in [0.717, 1.165) is 5.56 Å². The van der Waals surface area contributed by atoms with Crippen LogP contribution in [-0.2, 0) is 14.9 Å². The molecule has 0 bridgehead atoms. The van der Waals surface area contributed by atoms with Crippen LogP contribution in [0.1, 0.15) is 43.1 Å². The molecule has 19 heavy (non-hydrogen) atoms. The molecule has 0 aliphatic heterocycles. The quantitative estimate of drug-likeness (QED) is 0.287. The number of esters is 1. The molecule has 0 atom stereocenters. The van der Waals surface area contributed by atoms with Crippen LogP contribution in [0.3, 0.4) is 0 Å². The number of rotatable bonds is 3. The van der Waals surface area contributed by atoms with Crippen LogP contribution in [0.25, 0.3) is 0 Å². The molecule has 0 aliphatic rings. The third-order valence-electron chi connectivity index (χ3n) is 2.84. The summed E-state index contributed by atoms with van der Waals surface area (Å²) in [5.41, 5.74) is 6.47. The molecular weight excluding hydrogens is 246 g/mol. The van der Waals surface area contributed by atoms with Crippen molar-refractivity contribution in [2.24, 2.45) is 0 Å². The number of phenols is 1. The highest BCUT2D eigenvalue weighted by Gasteiger charge is 2.22. The first-order chi connectivity index (χ1) is 8.66. The van der Waals surface area contributed by atoms with Gasteiger partial charge in [0, 0.05) is 0 Å². The Kier molecular flexibility index (Phi) is 4.19. The molecule has 3 N–H and O–H groups in total. The second-order valence-electron chi connectivity index (χ2n) is 5.39. The van der Waals surface area contributed by atoms with E-state index in [1.807, 2.05) is 20.8 Å². The molecule has 1 rings (SSSR count). The van der Waals surface area contributed by atoms with Crippen LogP contribution in [0.15, 0.2) is 12.1 Å². The van der Waals surface area contributed by atoms with Gasteiger partial charge in [0.2, 0.25) is 0 Å². The summed E-state index contributed by atoms with van der Waals surface area (Å²) in [6.07, 6.45) is -0.420. The van der Waals surface area contributed by atoms with Gasteiger partial charge in [-0.15, -0.1) is 0 Å². The zero-order valence-corrected chi connectivity index (χ0v) is 11.6. The Hall–Kier alpha value is -2.04. The second kappa shape index (κ2) is 5.30. The van der Waals surface area contributed by atoms with E-state index < -0.39 is 18.2 Å². The standard InChI is InChI=1S/C14H19NO4/c1-14(2,3)8-5-9(13(18)10(15)6-8)11(16)7-12(17)19-4/h5-6,18H,7,15H2,1-4H3. The molecule has 0 spiro atoms. The normalized spacial score (nSPS) is 11.2. The molecule has 1 aromatic rings. The maximum atomic E-state index is 11.9. The number of benzene rings is 1. The second-order valence-corrected chi connectivity index (χ2v) is 5.39. The average Bonchev–Trinajstić information content (AvgIpc) is 2.30. The number of hydrogen-bond acceptors (Lipinski definition) is 5. The summed E-state index contributed by atoms with van der Waals surface area (Å²) in [7, 11) is 1.20. The monoisotopic (exact) mass is 265 g/mol. The lowest BCUT2D eigenvalue weighted by atomic mass is 9.85. The summed E-state index contributed by atoms with van der Waals surface area (Å²) in [5, 5.41) is 9.85. The first-order valence-corrected chi connectivity index (χ1v) is 5.89. The van der Waals surface area contributed by atoms with E-state index in [1.165, 1.54) is 7.11 Å². The molecule has 0 aliphatic carbocycles. The fraction of sp³-hybridized carbons (Fsp3) is 0.429. The molecule has 0 heterocycles. The van der Waals surface area contributed by atoms with E-state index in [9.17, 15) is 14.7 Å². The van der Waals surface area contributed by atoms with Crippen LogP contribution in [0.2, 0.25) is 0 Å². The van der Waals surface area contributed by atoms with Crippen LogP contribution < -0.4 is 5.73 Å². The van der Waals surface area contributed by atoms with Crippen LogP contribution in [0, 0.1) is 0 Å². The number of anilines is 1. The maximum absolute atomic E-state index is 11.9. The van der Waals surface area contributed by atoms with Gasteiger partial charge in [0.05, 0.1) is 18.4 Å². The van der Waals surface area contributed by atoms with Crippen molar-refractivity contribution in [3.63, 3.8) is 0 Å². The van der Waals surface area contributed by atoms with Gasteiger partial charge in [-0.05, 0) is 23.1 Å². The minimum Gasteiger partial charge on any atom is -0.505 e. The van der Waals surface area contributed by atoms with Gasteiger partial charge in [0.1, 0.15) is 12.2 Å². The van der Waals surface area contributed by atoms with Crippen LogP contribution >= 0.6 is 0 Å². The molecule has 0 amide bonds. The molecule has 5 nitrogen and oxygen atoms in total. The van der Waals surface area contributed by atoms with Crippen LogP contribution in [0.5, 0.6) is 5.75 Å². The van der Waals surface area contributed by atoms with Crippen molar-refractivity contribution in [1.82, 2.24) is 0 Å². The molecule has 104 valence electrons. The van der Waals surface area contributed by atoms with Gasteiger partial charge in [-0.1, -0.05) is 20.8 Å². The zero-order chi connectivity index (χ0) is 14.8. The van der Waals surface area contributed by atoms with Crippen LogP contribution in [0.4, 0.5) is 5.69 Å². The zero-order valence-electron chi connectivity index (χ0n) is 11.6. The predicted molar refractivity (Wildman–Crippen MR) is 72.2 cm³/mol. The lowest BCUT2D eigenvalue weighted by Crippen LogP contribution is -2.15. The number of aromatic hydroxyl groups is 1. The SMILES string of the molecule is COC(=O)CC(=O)c1cc(C(C)(C)C)cc(N)c1O. The number of nitrogen functional groups attached to an aromatic ring is 1. The highest BCUT2D eigenvalue weighted by atomic mass is 16.5. The van der Waals surface area contributed by atoms with Gasteiger partial charge in [-0.25, -0.2) is 0 Å². The molecular formula is C14H19NO4. The Balaban J connectivity index is 3.23. The lowest BCUT2D eigenvalue weighted by Gasteiger charge is -2.21. The molecule has 0 aromatic heterocycles. The third-order valence-corrected chi connectivity index (χ3v) is 2.84. The summed E-state index contributed by atoms with van der Waals surface area (Å²) >= 11 is 0. The van der Waals surface area contributed by atoms with Crippen molar-refractivity contribution in [2.75, 3.05) is 12.8 Å². The van der Waals surface area contributed by atoms with E-state index in [1.54, 1.807) is 12.1 Å². The highest BCUT2D eigenvalue weighted by Crippen LogP contribution is 2.33. The summed E-state index contributed by atoms with van der Waals surface area (Å²) in [6.45, 7) is 5.90. The van der Waals surface area contributed by atoms with Gasteiger partial charge < -0.3 is 15.6 Å². The fourth-order valence-electron chi connectivity index (χ4n) is 1.60. The molecule has 0 saturated carbocycles. The predicted octanol–water partition coefficient (Wildman–Crippen LogP) is 2.02. The largest absolute Gasteiger partial charge is 0.505 e. The number of nitrogens with two attached hydrogens (primary N) is 1. The smallest absolute Gasteiger partial charge is 0.313 e. The molecule has 0 saturated heterocycles. The number of ketones is 1. The number of ether oxygens (including phenoxy) is 1. The van der Waals surface area contributed by atoms with E-state index in [4.69, 9.17) is 5.73 Å². The van der Waals surface area contributed by atoms with Gasteiger partial charge in [0.25, 0.3) is 0 Å². The Bertz CT molecular complexity index is 515. The van der Waals surface area contributed by atoms with E-state index in [-0.39, 0.29) is 22.4 Å². The van der Waals surface area contributed by atoms with Crippen molar-refractivity contribution in [1.29, 1.82) is 0 Å². The first kappa shape index (κ1) is 15.0. The van der Waals surface area contributed by atoms with E-state index in [2.05, 4.69) is 4.74 Å². The third kappa shape index (κ3) is 3.47. The maximum Gasteiger partial charge on any atom is 0.313 e. The van der Waals surface area contributed by atoms with E-state index >= 15 is 0 Å². The number of hydrogen-bond donors (Lipinski definition) is 2. The number of Topliss-reactive ketones (excluding diaryl/α,β-unsaturated/α-hetero) is 1. The van der Waals surface area contributed by atoms with Gasteiger partial charge in [-0.2, -0.15) is 0 Å². The average molecular weight is 265 g/mol. The summed E-state index contributed by atoms with van der Waals surface area (Å²) in [6, 6.07) is 3.20. The molecule has 5 heteroatoms. The molecule has 0 unspecified atom stereocenters. The number of carbonyl (C=O) groups excluding carboxylic acids is 2. The molecule has 0 radical (unpaired) electrons. The van der Waals surface area contributed by atoms with Gasteiger partial charge in [-0.3, -0.25) is 9.59 Å². The van der Waals surface area contributed by atoms with Crippen molar-refractivity contribution in [3.8, 4) is 5.75 Å². The van der Waals surface area contributed by atoms with Crippen LogP contribution in [-0.4, -0.2) is 24.0 Å². The Morgan fingerprint density at radius 2 is 1.89 bits per heavy atom. The number of methoxy groups -OCH3 is 1. The Morgan fingerprint density at radius 1 is 1.32 bits per heavy atom. The number of carbonyl (C=O) groups is 2. The Morgan fingerprint density at radius 3 is 2.37 bits per heavy atom. The fourth-order valence-corrected chi connectivity index (χ4v) is 1.60. The minimum atomic E-state index is -0.649. The van der Waals surface area contributed by atoms with Crippen molar-refractivity contribution in [2.45, 2.75) is 32.6 Å². The van der Waals surface area contributed by atoms with Gasteiger partial charge >= 0.3 is 5.97 Å². The minimum absolute atomic E-state index is 0.0512. The van der Waals surface area contributed by atoms with Gasteiger partial charge in [0.15, 0.2) is 5.78 Å². The Labute approximate surface area is 112 Å². The molecule has 0 fully saturated rings. The summed E-state index contributed by atoms with van der Waals surface area (Å²) in [4.78, 5) is 23.1. The van der Waals surface area contributed by atoms with Crippen molar-refractivity contribution >= 4 is 17.4 Å². The van der Waals surface area contributed by atoms with Crippen molar-refractivity contribution < 1.29 is 19.4 Å². The summed E-state index contributed by atoms with van der Waals surface area (Å²) in [5.74, 6) is -1.45. The van der Waals surface area contributed by atoms with Crippen molar-refractivity contribution in [3.05, 3.63) is 23.3 Å². The lowest BCUT2D eigenvalue weighted by molar-refractivity contribution is -0.139. The number of phenolic OH excluding ortho intramolecular Hbond substituents is 1.